The van der Waals surface area contributed by atoms with Crippen LogP contribution in [0.5, 0.6) is 0 Å². The third-order valence-electron chi connectivity index (χ3n) is 3.87. The lowest BCUT2D eigenvalue weighted by Gasteiger charge is -2.42. The molecule has 0 aromatic rings. The minimum atomic E-state index is -0.475. The first-order valence-electron chi connectivity index (χ1n) is 6.56. The van der Waals surface area contributed by atoms with Crippen LogP contribution in [0.15, 0.2) is 12.7 Å². The Bertz CT molecular complexity index is 356. The molecule has 2 amide bonds. The van der Waals surface area contributed by atoms with Crippen molar-refractivity contribution in [3.05, 3.63) is 12.7 Å². The molecule has 0 aromatic carbocycles. The molecule has 2 saturated heterocycles. The molecule has 2 rings (SSSR count). The number of carbonyl (C=O) groups is 2. The molecule has 2 fully saturated rings. The molecule has 100 valence electrons. The summed E-state index contributed by atoms with van der Waals surface area (Å²) in [6.45, 7) is 5.01. The molecule has 0 saturated carbocycles. The first-order valence-corrected chi connectivity index (χ1v) is 6.56. The minimum Gasteiger partial charge on any atom is -0.353 e. The molecule has 0 aromatic heterocycles. The van der Waals surface area contributed by atoms with Crippen LogP contribution in [0.2, 0.25) is 0 Å². The number of nitrogens with two attached hydrogens (primary N) is 1. The van der Waals surface area contributed by atoms with Crippen molar-refractivity contribution in [2.24, 2.45) is 11.7 Å². The molecule has 18 heavy (non-hydrogen) atoms. The van der Waals surface area contributed by atoms with Crippen molar-refractivity contribution in [2.75, 3.05) is 13.1 Å². The van der Waals surface area contributed by atoms with Gasteiger partial charge in [0.1, 0.15) is 0 Å². The molecule has 5 heteroatoms. The highest BCUT2D eigenvalue weighted by molar-refractivity contribution is 5.82. The molecule has 0 spiro atoms. The first-order chi connectivity index (χ1) is 8.61. The van der Waals surface area contributed by atoms with E-state index in [1.165, 1.54) is 0 Å². The van der Waals surface area contributed by atoms with Gasteiger partial charge < -0.3 is 16.0 Å². The van der Waals surface area contributed by atoms with Crippen molar-refractivity contribution >= 4 is 11.8 Å². The summed E-state index contributed by atoms with van der Waals surface area (Å²) in [5, 5.41) is 3.01. The number of rotatable bonds is 3. The zero-order valence-electron chi connectivity index (χ0n) is 10.6. The first kappa shape index (κ1) is 13.1. The van der Waals surface area contributed by atoms with Crippen LogP contribution in [-0.2, 0) is 9.59 Å². The summed E-state index contributed by atoms with van der Waals surface area (Å²) in [6, 6.07) is -0.233. The molecular weight excluding hydrogens is 230 g/mol. The smallest absolute Gasteiger partial charge is 0.239 e. The van der Waals surface area contributed by atoms with E-state index in [9.17, 15) is 9.59 Å². The van der Waals surface area contributed by atoms with Crippen molar-refractivity contribution in [1.29, 1.82) is 0 Å². The zero-order valence-corrected chi connectivity index (χ0v) is 10.6. The zero-order chi connectivity index (χ0) is 13.1. The van der Waals surface area contributed by atoms with E-state index in [1.54, 1.807) is 6.08 Å². The second-order valence-corrected chi connectivity index (χ2v) is 5.18. The van der Waals surface area contributed by atoms with Crippen molar-refractivity contribution in [1.82, 2.24) is 10.2 Å². The minimum absolute atomic E-state index is 0.00486. The van der Waals surface area contributed by atoms with Gasteiger partial charge in [0.25, 0.3) is 0 Å². The van der Waals surface area contributed by atoms with Crippen LogP contribution in [0, 0.1) is 5.92 Å². The number of carbonyl (C=O) groups excluding carboxylic acids is 2. The fourth-order valence-corrected chi connectivity index (χ4v) is 2.83. The Morgan fingerprint density at radius 2 is 2.39 bits per heavy atom. The molecule has 0 radical (unpaired) electrons. The van der Waals surface area contributed by atoms with Gasteiger partial charge in [-0.3, -0.25) is 9.59 Å². The van der Waals surface area contributed by atoms with E-state index in [0.717, 1.165) is 12.8 Å². The summed E-state index contributed by atoms with van der Waals surface area (Å²) >= 11 is 0. The summed E-state index contributed by atoms with van der Waals surface area (Å²) in [4.78, 5) is 25.2. The molecule has 0 bridgehead atoms. The lowest BCUT2D eigenvalue weighted by molar-refractivity contribution is -0.136. The van der Waals surface area contributed by atoms with E-state index in [0.29, 0.717) is 31.8 Å². The number of fused-ring (bicyclic) bond motifs is 1. The number of nitrogens with one attached hydrogen (secondary N) is 1. The Kier molecular flexibility index (Phi) is 4.01. The van der Waals surface area contributed by atoms with Crippen LogP contribution in [-0.4, -0.2) is 41.9 Å². The molecular formula is C13H21N3O2. The van der Waals surface area contributed by atoms with Crippen molar-refractivity contribution in [2.45, 2.75) is 37.8 Å². The van der Waals surface area contributed by atoms with Gasteiger partial charge in [-0.1, -0.05) is 6.08 Å². The molecule has 5 nitrogen and oxygen atoms in total. The number of amides is 2. The number of hydrogen-bond donors (Lipinski definition) is 2. The molecule has 3 unspecified atom stereocenters. The van der Waals surface area contributed by atoms with E-state index in [4.69, 9.17) is 5.73 Å². The van der Waals surface area contributed by atoms with Gasteiger partial charge >= 0.3 is 0 Å². The second kappa shape index (κ2) is 5.52. The predicted molar refractivity (Wildman–Crippen MR) is 68.6 cm³/mol. The Hall–Kier alpha value is -1.36. The second-order valence-electron chi connectivity index (χ2n) is 5.18. The summed E-state index contributed by atoms with van der Waals surface area (Å²) in [5.41, 5.74) is 5.82. The maximum absolute atomic E-state index is 12.1. The van der Waals surface area contributed by atoms with Crippen molar-refractivity contribution in [3.63, 3.8) is 0 Å². The molecule has 2 heterocycles. The van der Waals surface area contributed by atoms with Crippen molar-refractivity contribution < 1.29 is 9.59 Å². The number of piperidine rings is 2. The van der Waals surface area contributed by atoms with Crippen LogP contribution >= 0.6 is 0 Å². The number of likely N-dealkylation sites (tertiary alicyclic amines) is 1. The van der Waals surface area contributed by atoms with Crippen LogP contribution < -0.4 is 11.1 Å². The van der Waals surface area contributed by atoms with E-state index in [-0.39, 0.29) is 17.9 Å². The van der Waals surface area contributed by atoms with E-state index < -0.39 is 6.04 Å². The molecule has 2 aliphatic heterocycles. The number of hydrogen-bond acceptors (Lipinski definition) is 3. The average Bonchev–Trinajstić information content (AvgIpc) is 2.37. The Labute approximate surface area is 107 Å². The van der Waals surface area contributed by atoms with E-state index in [1.807, 2.05) is 4.90 Å². The summed E-state index contributed by atoms with van der Waals surface area (Å²) < 4.78 is 0. The van der Waals surface area contributed by atoms with Crippen LogP contribution in [0.3, 0.4) is 0 Å². The molecule has 3 atom stereocenters. The van der Waals surface area contributed by atoms with Gasteiger partial charge in [-0.15, -0.1) is 6.58 Å². The van der Waals surface area contributed by atoms with E-state index in [2.05, 4.69) is 11.9 Å². The monoisotopic (exact) mass is 251 g/mol. The van der Waals surface area contributed by atoms with Gasteiger partial charge in [0.2, 0.25) is 11.8 Å². The lowest BCUT2D eigenvalue weighted by atomic mass is 9.85. The fourth-order valence-electron chi connectivity index (χ4n) is 2.83. The van der Waals surface area contributed by atoms with Gasteiger partial charge in [-0.2, -0.15) is 0 Å². The fraction of sp³-hybridized carbons (Fsp3) is 0.692. The standard InChI is InChI=1S/C13H21N3O2/c1-2-3-10(14)13(18)16-7-6-11-9(8-16)4-5-12(17)15-11/h2,9-11H,1,3-8,14H2,(H,15,17). The SMILES string of the molecule is C=CCC(N)C(=O)N1CCC2NC(=O)CCC2C1. The highest BCUT2D eigenvalue weighted by Crippen LogP contribution is 2.25. The maximum atomic E-state index is 12.1. The van der Waals surface area contributed by atoms with Gasteiger partial charge in [0, 0.05) is 25.6 Å². The quantitative estimate of drug-likeness (QED) is 0.694. The van der Waals surface area contributed by atoms with E-state index >= 15 is 0 Å². The Balaban J connectivity index is 1.92. The topological polar surface area (TPSA) is 75.4 Å². The van der Waals surface area contributed by atoms with Crippen LogP contribution in [0.1, 0.15) is 25.7 Å². The van der Waals surface area contributed by atoms with Crippen LogP contribution in [0.4, 0.5) is 0 Å². The lowest BCUT2D eigenvalue weighted by Crippen LogP contribution is -2.57. The number of nitrogens with zero attached hydrogens (tertiary/aromatic N) is 1. The third-order valence-corrected chi connectivity index (χ3v) is 3.87. The van der Waals surface area contributed by atoms with Crippen molar-refractivity contribution in [3.8, 4) is 0 Å². The highest BCUT2D eigenvalue weighted by Gasteiger charge is 2.36. The molecule has 2 aliphatic rings. The summed E-state index contributed by atoms with van der Waals surface area (Å²) in [7, 11) is 0. The predicted octanol–water partition coefficient (Wildman–Crippen LogP) is 0.0169. The maximum Gasteiger partial charge on any atom is 0.239 e. The van der Waals surface area contributed by atoms with Gasteiger partial charge in [0.15, 0.2) is 0 Å². The van der Waals surface area contributed by atoms with Crippen LogP contribution in [0.25, 0.3) is 0 Å². The largest absolute Gasteiger partial charge is 0.353 e. The highest BCUT2D eigenvalue weighted by atomic mass is 16.2. The third kappa shape index (κ3) is 2.72. The van der Waals surface area contributed by atoms with Gasteiger partial charge in [0.05, 0.1) is 6.04 Å². The summed E-state index contributed by atoms with van der Waals surface area (Å²) in [6.07, 6.45) is 4.47. The Morgan fingerprint density at radius 1 is 1.61 bits per heavy atom. The van der Waals surface area contributed by atoms with Gasteiger partial charge in [-0.05, 0) is 25.2 Å². The molecule has 0 aliphatic carbocycles. The normalized spacial score (nSPS) is 29.2. The average molecular weight is 251 g/mol. The van der Waals surface area contributed by atoms with Gasteiger partial charge in [-0.25, -0.2) is 0 Å². The summed E-state index contributed by atoms with van der Waals surface area (Å²) in [5.74, 6) is 0.529. The Morgan fingerprint density at radius 3 is 3.11 bits per heavy atom. The molecule has 3 N–H and O–H groups in total.